The van der Waals surface area contributed by atoms with Crippen LogP contribution in [0.3, 0.4) is 0 Å². The molecule has 0 unspecified atom stereocenters. The van der Waals surface area contributed by atoms with Gasteiger partial charge in [-0.15, -0.1) is 0 Å². The third kappa shape index (κ3) is 4.06. The van der Waals surface area contributed by atoms with Gasteiger partial charge in [-0.3, -0.25) is 0 Å². The van der Waals surface area contributed by atoms with Gasteiger partial charge in [0.25, 0.3) is 0 Å². The first kappa shape index (κ1) is 18.4. The molecule has 2 aliphatic carbocycles. The zero-order chi connectivity index (χ0) is 18.0. The van der Waals surface area contributed by atoms with Crippen molar-refractivity contribution in [1.29, 1.82) is 0 Å². The van der Waals surface area contributed by atoms with Gasteiger partial charge in [0.15, 0.2) is 0 Å². The maximum absolute atomic E-state index is 12.4. The first-order valence-corrected chi connectivity index (χ1v) is 10.6. The van der Waals surface area contributed by atoms with Gasteiger partial charge >= 0.3 is 5.97 Å². The number of fused-ring (bicyclic) bond motifs is 1. The van der Waals surface area contributed by atoms with Gasteiger partial charge in [0, 0.05) is 14.1 Å². The van der Waals surface area contributed by atoms with E-state index >= 15 is 0 Å². The fourth-order valence-corrected chi connectivity index (χ4v) is 5.03. The van der Waals surface area contributed by atoms with Gasteiger partial charge in [-0.2, -0.15) is 0 Å². The van der Waals surface area contributed by atoms with E-state index in [1.54, 1.807) is 0 Å². The van der Waals surface area contributed by atoms with Gasteiger partial charge in [0.1, 0.15) is 6.10 Å². The lowest BCUT2D eigenvalue weighted by atomic mass is 9.70. The Balaban J connectivity index is 1.62. The first-order chi connectivity index (χ1) is 11.9. The molecule has 0 radical (unpaired) electrons. The van der Waals surface area contributed by atoms with E-state index in [1.165, 1.54) is 64.0 Å². The molecule has 6 heteroatoms. The second kappa shape index (κ2) is 7.46. The van der Waals surface area contributed by atoms with Crippen LogP contribution in [0, 0.1) is 11.8 Å². The number of hydrogen-bond donors (Lipinski definition) is 0. The van der Waals surface area contributed by atoms with Gasteiger partial charge in [-0.1, -0.05) is 25.7 Å². The largest absolute Gasteiger partial charge is 0.459 e. The molecule has 1 aromatic rings. The lowest BCUT2D eigenvalue weighted by Crippen LogP contribution is -2.33. The van der Waals surface area contributed by atoms with Crippen molar-refractivity contribution in [2.45, 2.75) is 55.9 Å². The Labute approximate surface area is 150 Å². The second-order valence-electron chi connectivity index (χ2n) is 7.46. The van der Waals surface area contributed by atoms with Crippen molar-refractivity contribution in [2.24, 2.45) is 11.8 Å². The van der Waals surface area contributed by atoms with Crippen LogP contribution in [0.2, 0.25) is 0 Å². The molecular formula is C19H27NO4S. The van der Waals surface area contributed by atoms with Crippen LogP contribution in [0.4, 0.5) is 0 Å². The van der Waals surface area contributed by atoms with Crippen LogP contribution >= 0.6 is 0 Å². The Hall–Kier alpha value is -1.40. The van der Waals surface area contributed by atoms with Crippen LogP contribution in [0.25, 0.3) is 0 Å². The highest BCUT2D eigenvalue weighted by Gasteiger charge is 2.33. The summed E-state index contributed by atoms with van der Waals surface area (Å²) in [6.07, 6.45) is 8.30. The minimum Gasteiger partial charge on any atom is -0.459 e. The van der Waals surface area contributed by atoms with E-state index in [4.69, 9.17) is 4.74 Å². The van der Waals surface area contributed by atoms with Gasteiger partial charge in [-0.25, -0.2) is 17.5 Å². The fourth-order valence-electron chi connectivity index (χ4n) is 4.13. The molecule has 0 N–H and O–H groups in total. The number of nitrogens with zero attached hydrogens (tertiary/aromatic N) is 1. The molecule has 0 bridgehead atoms. The Bertz CT molecular complexity index is 711. The first-order valence-electron chi connectivity index (χ1n) is 9.11. The molecule has 0 saturated heterocycles. The van der Waals surface area contributed by atoms with Crippen molar-refractivity contribution in [3.63, 3.8) is 0 Å². The molecule has 1 aromatic carbocycles. The maximum atomic E-state index is 12.4. The molecule has 3 rings (SSSR count). The van der Waals surface area contributed by atoms with Crippen LogP contribution < -0.4 is 0 Å². The Morgan fingerprint density at radius 3 is 2.28 bits per heavy atom. The Morgan fingerprint density at radius 1 is 1.00 bits per heavy atom. The summed E-state index contributed by atoms with van der Waals surface area (Å²) in [6.45, 7) is 0. The molecule has 3 atom stereocenters. The Kier molecular flexibility index (Phi) is 5.49. The summed E-state index contributed by atoms with van der Waals surface area (Å²) >= 11 is 0. The number of carbonyl (C=O) groups excluding carboxylic acids is 1. The van der Waals surface area contributed by atoms with Crippen molar-refractivity contribution in [3.8, 4) is 0 Å². The van der Waals surface area contributed by atoms with Crippen molar-refractivity contribution < 1.29 is 17.9 Å². The van der Waals surface area contributed by atoms with Crippen LogP contribution in [0.5, 0.6) is 0 Å². The molecular weight excluding hydrogens is 338 g/mol. The number of hydrogen-bond acceptors (Lipinski definition) is 4. The van der Waals surface area contributed by atoms with E-state index in [9.17, 15) is 13.2 Å². The molecule has 2 fully saturated rings. The lowest BCUT2D eigenvalue weighted by Gasteiger charge is -2.38. The van der Waals surface area contributed by atoms with Crippen molar-refractivity contribution >= 4 is 16.0 Å². The standard InChI is InChI=1S/C19H27NO4S/c1-20(2)25(22,23)18-11-8-15(9-12-18)19(21)24-17-10-7-14-5-3-4-6-16(14)13-17/h8-9,11-12,14,16-17H,3-7,10,13H2,1-2H3/t14-,16-,17+/m1/s1. The number of esters is 1. The summed E-state index contributed by atoms with van der Waals surface area (Å²) in [4.78, 5) is 12.6. The minimum absolute atomic E-state index is 0.00275. The number of ether oxygens (including phenoxy) is 1. The number of benzene rings is 1. The highest BCUT2D eigenvalue weighted by molar-refractivity contribution is 7.89. The molecule has 0 amide bonds. The quantitative estimate of drug-likeness (QED) is 0.767. The predicted octanol–water partition coefficient (Wildman–Crippen LogP) is 3.45. The molecule has 5 nitrogen and oxygen atoms in total. The monoisotopic (exact) mass is 365 g/mol. The molecule has 25 heavy (non-hydrogen) atoms. The Morgan fingerprint density at radius 2 is 1.64 bits per heavy atom. The number of rotatable bonds is 4. The molecule has 0 aliphatic heterocycles. The van der Waals surface area contributed by atoms with E-state index in [0.717, 1.165) is 29.5 Å². The topological polar surface area (TPSA) is 63.7 Å². The SMILES string of the molecule is CN(C)S(=O)(=O)c1ccc(C(=O)O[C@H]2CC[C@H]3CCCC[C@@H]3C2)cc1. The fraction of sp³-hybridized carbons (Fsp3) is 0.632. The molecule has 2 aliphatic rings. The molecule has 0 heterocycles. The summed E-state index contributed by atoms with van der Waals surface area (Å²) in [7, 11) is -0.508. The van der Waals surface area contributed by atoms with E-state index in [2.05, 4.69) is 0 Å². The molecule has 2 saturated carbocycles. The smallest absolute Gasteiger partial charge is 0.338 e. The lowest BCUT2D eigenvalue weighted by molar-refractivity contribution is -0.000933. The predicted molar refractivity (Wildman–Crippen MR) is 95.8 cm³/mol. The third-order valence-corrected chi connectivity index (χ3v) is 7.46. The third-order valence-electron chi connectivity index (χ3n) is 5.63. The highest BCUT2D eigenvalue weighted by atomic mass is 32.2. The van der Waals surface area contributed by atoms with Crippen LogP contribution in [-0.2, 0) is 14.8 Å². The molecule has 0 aromatic heterocycles. The van der Waals surface area contributed by atoms with E-state index in [0.29, 0.717) is 11.5 Å². The van der Waals surface area contributed by atoms with Crippen molar-refractivity contribution in [1.82, 2.24) is 4.31 Å². The van der Waals surface area contributed by atoms with Crippen molar-refractivity contribution in [3.05, 3.63) is 29.8 Å². The highest BCUT2D eigenvalue weighted by Crippen LogP contribution is 2.41. The van der Waals surface area contributed by atoms with Crippen LogP contribution in [-0.4, -0.2) is 38.9 Å². The molecule has 138 valence electrons. The van der Waals surface area contributed by atoms with E-state index in [1.807, 2.05) is 0 Å². The van der Waals surface area contributed by atoms with Crippen LogP contribution in [0.15, 0.2) is 29.2 Å². The summed E-state index contributed by atoms with van der Waals surface area (Å²) in [5, 5.41) is 0. The summed E-state index contributed by atoms with van der Waals surface area (Å²) in [5.41, 5.74) is 0.406. The van der Waals surface area contributed by atoms with Gasteiger partial charge in [0.05, 0.1) is 10.5 Å². The normalized spacial score (nSPS) is 26.9. The van der Waals surface area contributed by atoms with E-state index < -0.39 is 10.0 Å². The maximum Gasteiger partial charge on any atom is 0.338 e. The summed E-state index contributed by atoms with van der Waals surface area (Å²) in [6, 6.07) is 5.99. The van der Waals surface area contributed by atoms with Crippen LogP contribution in [0.1, 0.15) is 55.3 Å². The number of sulfonamides is 1. The average molecular weight is 365 g/mol. The van der Waals surface area contributed by atoms with Gasteiger partial charge < -0.3 is 4.74 Å². The van der Waals surface area contributed by atoms with E-state index in [-0.39, 0.29) is 17.0 Å². The van der Waals surface area contributed by atoms with Gasteiger partial charge in [-0.05, 0) is 55.4 Å². The van der Waals surface area contributed by atoms with Gasteiger partial charge in [0.2, 0.25) is 10.0 Å². The average Bonchev–Trinajstić information content (AvgIpc) is 2.61. The van der Waals surface area contributed by atoms with Crippen molar-refractivity contribution in [2.75, 3.05) is 14.1 Å². The summed E-state index contributed by atoms with van der Waals surface area (Å²) < 4.78 is 31.0. The number of carbonyl (C=O) groups is 1. The minimum atomic E-state index is -3.48. The molecule has 0 spiro atoms. The zero-order valence-corrected chi connectivity index (χ0v) is 15.8. The summed E-state index contributed by atoms with van der Waals surface area (Å²) in [5.74, 6) is 1.17. The zero-order valence-electron chi connectivity index (χ0n) is 15.0. The second-order valence-corrected chi connectivity index (χ2v) is 9.61.